The Morgan fingerprint density at radius 3 is 1.07 bits per heavy atom. The maximum Gasteiger partial charge on any atom is 0 e. The number of hydrogen-bond acceptors (Lipinski definition) is 9. The van der Waals surface area contributed by atoms with E-state index in [4.69, 9.17) is 0 Å². The van der Waals surface area contributed by atoms with E-state index in [1.165, 1.54) is 21.1 Å². The third-order valence-electron chi connectivity index (χ3n) is 3.59. The summed E-state index contributed by atoms with van der Waals surface area (Å²) in [4.78, 5) is 32.6. The summed E-state index contributed by atoms with van der Waals surface area (Å²) in [6.45, 7) is 1.39. The molecule has 0 saturated carbocycles. The van der Waals surface area contributed by atoms with Gasteiger partial charge in [0, 0.05) is 77.6 Å². The van der Waals surface area contributed by atoms with E-state index in [0.29, 0.717) is 16.4 Å². The van der Waals surface area contributed by atoms with Gasteiger partial charge in [0.05, 0.1) is 11.1 Å². The monoisotopic (exact) mass is 1680 g/mol. The zero-order valence-corrected chi connectivity index (χ0v) is 49.2. The molecule has 0 aliphatic carbocycles. The number of alkyl halides is 12. The molecule has 4 N–H and O–H groups in total. The van der Waals surface area contributed by atoms with Gasteiger partial charge in [-0.2, -0.15) is 68.0 Å². The first kappa shape index (κ1) is 86.7. The normalized spacial score (nSPS) is 9.77. The van der Waals surface area contributed by atoms with Gasteiger partial charge in [-0.3, -0.25) is 39.9 Å². The number of ketones is 1. The summed E-state index contributed by atoms with van der Waals surface area (Å²) in [5.41, 5.74) is 0.264. The molecule has 33 heteroatoms. The second kappa shape index (κ2) is 48.2. The summed E-state index contributed by atoms with van der Waals surface area (Å²) in [6.07, 6.45) is -15.7. The van der Waals surface area contributed by atoms with Crippen LogP contribution in [0.2, 0.25) is 0 Å². The first-order valence-electron chi connectivity index (χ1n) is 11.7. The smallest absolute Gasteiger partial charge is 0 e. The van der Waals surface area contributed by atoms with Crippen molar-refractivity contribution in [2.24, 2.45) is 25.0 Å². The van der Waals surface area contributed by atoms with Crippen LogP contribution in [0.1, 0.15) is 46.0 Å². The van der Waals surface area contributed by atoms with Crippen LogP contribution in [-0.4, -0.2) is 70.1 Å². The Morgan fingerprint density at radius 1 is 0.772 bits per heavy atom. The number of hydrazone groups is 1. The SMILES string of the molecule is CC(=O)C(F)(F)F.CNN.CNN=C(C)C(F)(F)F.Cn1cc(C=O)c(C(F)(F)F)n1.Cn1cc(C=O)c(C(F)(F)F)n1.[CH2-]I.[CH3-].[CH3-].[CH3-].[I][V]([I])[I].[I][V][I].[V].[V]. The minimum Gasteiger partial charge on any atom is 0 e. The van der Waals surface area contributed by atoms with E-state index in [-0.39, 0.29) is 76.9 Å². The van der Waals surface area contributed by atoms with Crippen molar-refractivity contribution in [3.05, 3.63) is 62.1 Å². The van der Waals surface area contributed by atoms with E-state index in [9.17, 15) is 67.1 Å². The Bertz CT molecular complexity index is 1210. The van der Waals surface area contributed by atoms with Gasteiger partial charge in [-0.25, -0.2) is 0 Å². The van der Waals surface area contributed by atoms with Crippen molar-refractivity contribution in [3.63, 3.8) is 0 Å². The number of aryl methyl sites for hydroxylation is 2. The number of hydrazine groups is 1. The van der Waals surface area contributed by atoms with Crippen LogP contribution in [0.4, 0.5) is 52.7 Å². The number of carbonyl (C=O) groups is 3. The molecule has 0 atom stereocenters. The molecule has 57 heavy (non-hydrogen) atoms. The molecular formula is C24H37F12I6N8O3V4-4. The molecule has 0 unspecified atom stereocenters. The minimum atomic E-state index is -4.64. The predicted molar refractivity (Wildman–Crippen MR) is 234 cm³/mol. The number of carbonyl (C=O) groups excluding carboxylic acids is 3. The molecule has 0 saturated heterocycles. The first-order valence-corrected chi connectivity index (χ1v) is 35.8. The average Bonchev–Trinajstić information content (AvgIpc) is 3.57. The van der Waals surface area contributed by atoms with Crippen LogP contribution in [0.15, 0.2) is 17.5 Å². The maximum absolute atomic E-state index is 12.0. The van der Waals surface area contributed by atoms with Gasteiger partial charge in [-0.15, -0.1) is 0 Å². The van der Waals surface area contributed by atoms with Gasteiger partial charge in [0.2, 0.25) is 5.78 Å². The summed E-state index contributed by atoms with van der Waals surface area (Å²) in [5.74, 6) is 2.84. The van der Waals surface area contributed by atoms with Crippen LogP contribution < -0.4 is 16.7 Å². The van der Waals surface area contributed by atoms with Gasteiger partial charge >= 0.3 is 139 Å². The second-order valence-electron chi connectivity index (χ2n) is 7.46. The summed E-state index contributed by atoms with van der Waals surface area (Å²) >= 11 is 14.0. The van der Waals surface area contributed by atoms with Gasteiger partial charge in [0.1, 0.15) is 5.71 Å². The molecule has 2 rings (SSSR count). The average molecular weight is 1680 g/mol. The van der Waals surface area contributed by atoms with Crippen LogP contribution in [0.3, 0.4) is 0 Å². The maximum atomic E-state index is 12.0. The zero-order chi connectivity index (χ0) is 43.3. The van der Waals surface area contributed by atoms with Crippen LogP contribution in [0.25, 0.3) is 0 Å². The largest absolute Gasteiger partial charge is 0 e. The molecule has 2 radical (unpaired) electrons. The summed E-state index contributed by atoms with van der Waals surface area (Å²) in [7, 11) is 6.24. The molecule has 0 aliphatic rings. The number of nitrogens with zero attached hydrogens (tertiary/aromatic N) is 5. The molecule has 0 amide bonds. The molecule has 0 aliphatic heterocycles. The van der Waals surface area contributed by atoms with E-state index in [1.54, 1.807) is 7.05 Å². The Hall–Kier alpha value is 2.70. The molecule has 2 aromatic rings. The Kier molecular flexibility index (Phi) is 73.3. The summed E-state index contributed by atoms with van der Waals surface area (Å²) in [5, 5.41) is 9.16. The van der Waals surface area contributed by atoms with Gasteiger partial charge < -0.3 is 50.3 Å². The summed E-state index contributed by atoms with van der Waals surface area (Å²) in [6, 6.07) is 0. The van der Waals surface area contributed by atoms with Crippen molar-refractivity contribution in [1.82, 2.24) is 30.4 Å². The van der Waals surface area contributed by atoms with Crippen molar-refractivity contribution in [1.29, 1.82) is 0 Å². The van der Waals surface area contributed by atoms with E-state index in [1.807, 2.05) is 28.0 Å². The summed E-state index contributed by atoms with van der Waals surface area (Å²) < 4.78 is 141. The molecule has 2 aromatic heterocycles. The van der Waals surface area contributed by atoms with E-state index in [2.05, 4.69) is 131 Å². The van der Waals surface area contributed by atoms with Gasteiger partial charge in [0.15, 0.2) is 24.0 Å². The number of halogens is 18. The van der Waals surface area contributed by atoms with E-state index in [0.717, 1.165) is 28.7 Å². The number of hydrogen-bond donors (Lipinski definition) is 3. The molecule has 0 bridgehead atoms. The number of rotatable bonds is 3. The van der Waals surface area contributed by atoms with Crippen molar-refractivity contribution in [3.8, 4) is 0 Å². The van der Waals surface area contributed by atoms with Crippen LogP contribution in [0, 0.1) is 27.2 Å². The second-order valence-corrected chi connectivity index (χ2v) is 54.6. The van der Waals surface area contributed by atoms with Crippen molar-refractivity contribution in [2.45, 2.75) is 38.6 Å². The van der Waals surface area contributed by atoms with Crippen LogP contribution in [-0.2, 0) is 82.7 Å². The molecule has 2 heterocycles. The quantitative estimate of drug-likeness (QED) is 0.0523. The van der Waals surface area contributed by atoms with Crippen molar-refractivity contribution >= 4 is 147 Å². The van der Waals surface area contributed by atoms with Gasteiger partial charge in [0.25, 0.3) is 0 Å². The molecule has 341 valence electrons. The molecule has 11 nitrogen and oxygen atoms in total. The van der Waals surface area contributed by atoms with Crippen molar-refractivity contribution in [2.75, 3.05) is 14.1 Å². The van der Waals surface area contributed by atoms with Crippen LogP contribution >= 0.6 is 122 Å². The Labute approximate surface area is 428 Å². The first-order chi connectivity index (χ1) is 23.4. The number of aromatic nitrogens is 4. The third kappa shape index (κ3) is 56.7. The van der Waals surface area contributed by atoms with Crippen LogP contribution in [0.5, 0.6) is 0 Å². The fourth-order valence-corrected chi connectivity index (χ4v) is 1.86. The topological polar surface area (TPSA) is 149 Å². The predicted octanol–water partition coefficient (Wildman–Crippen LogP) is 10.8. The minimum absolute atomic E-state index is 0. The fraction of sp³-hybridized carbons (Fsp3) is 0.417. The van der Waals surface area contributed by atoms with Gasteiger partial charge in [-0.1, -0.05) is 0 Å². The standard InChI is InChI=1S/2C6H5F3N2O.C4H7F3N2.C3H3F3O.CH2I.CH6N2.3CH3.5HI.4V/c2*1-11-2-4(3-12)5(10-11)6(7,8)9;1-3(9-8-2)4(5,6)7;1-2(7)3(4,5)6;1-2;1-3-2;;;;;;;;;;;;/h2*2-3H,1H3;8H,1-2H3;1H3;1H2;3H,2H2,1H3;3*1H3;5*1H;;;;/q;;;;-1;;3*-1;;;;;;;;+2;+3/p-5. The van der Waals surface area contributed by atoms with E-state index >= 15 is 0 Å². The molecule has 0 fully saturated rings. The third-order valence-corrected chi connectivity index (χ3v) is 3.59. The molecule has 0 aromatic carbocycles. The van der Waals surface area contributed by atoms with Gasteiger partial charge in [-0.05, 0) is 14.0 Å². The molecule has 0 spiro atoms. The molecular weight excluding hydrogens is 1640 g/mol. The number of aldehydes is 2. The van der Waals surface area contributed by atoms with E-state index < -0.39 is 58.7 Å². The fourth-order valence-electron chi connectivity index (χ4n) is 1.86. The zero-order valence-electron chi connectivity index (χ0n) is 30.6. The number of nitrogens with two attached hydrogens (primary N) is 1. The van der Waals surface area contributed by atoms with Crippen molar-refractivity contribution < 1.29 is 119 Å². The Balaban J connectivity index is -0.0000000495. The number of nitrogens with one attached hydrogen (secondary N) is 2. The number of Topliss-reactive ketones (excluding diaryl/α,β-unsaturated/α-hetero) is 1. The Morgan fingerprint density at radius 2 is 0.982 bits per heavy atom.